The Morgan fingerprint density at radius 3 is 2.39 bits per heavy atom. The Labute approximate surface area is 187 Å². The second kappa shape index (κ2) is 9.49. The number of amides is 2. The van der Waals surface area contributed by atoms with Gasteiger partial charge in [0.1, 0.15) is 17.1 Å². The molecule has 2 aromatic carbocycles. The van der Waals surface area contributed by atoms with Crippen molar-refractivity contribution in [3.8, 4) is 23.3 Å². The topological polar surface area (TPSA) is 114 Å². The summed E-state index contributed by atoms with van der Waals surface area (Å²) in [6, 6.07) is 17.5. The van der Waals surface area contributed by atoms with E-state index in [1.54, 1.807) is 65.5 Å². The van der Waals surface area contributed by atoms with Gasteiger partial charge in [0.25, 0.3) is 11.8 Å². The van der Waals surface area contributed by atoms with Gasteiger partial charge < -0.3 is 9.30 Å². The third-order valence-electron chi connectivity index (χ3n) is 4.58. The van der Waals surface area contributed by atoms with Gasteiger partial charge in [-0.1, -0.05) is 0 Å². The van der Waals surface area contributed by atoms with E-state index in [9.17, 15) is 14.0 Å². The van der Waals surface area contributed by atoms with Gasteiger partial charge in [-0.25, -0.2) is 9.07 Å². The smallest absolute Gasteiger partial charge is 0.276 e. The minimum Gasteiger partial charge on any atom is -0.484 e. The Bertz CT molecular complexity index is 1310. The molecular formula is C23H17FN6O3. The van der Waals surface area contributed by atoms with E-state index in [0.29, 0.717) is 22.8 Å². The lowest BCUT2D eigenvalue weighted by molar-refractivity contribution is -0.123. The first-order chi connectivity index (χ1) is 16.0. The van der Waals surface area contributed by atoms with Crippen LogP contribution < -0.4 is 15.6 Å². The van der Waals surface area contributed by atoms with E-state index in [1.165, 1.54) is 23.0 Å². The Morgan fingerprint density at radius 2 is 1.73 bits per heavy atom. The predicted octanol–water partition coefficient (Wildman–Crippen LogP) is 2.51. The molecule has 0 saturated heterocycles. The summed E-state index contributed by atoms with van der Waals surface area (Å²) >= 11 is 0. The van der Waals surface area contributed by atoms with Crippen LogP contribution in [0.5, 0.6) is 5.75 Å². The van der Waals surface area contributed by atoms with E-state index in [1.807, 2.05) is 6.07 Å². The van der Waals surface area contributed by atoms with Crippen molar-refractivity contribution in [1.82, 2.24) is 25.2 Å². The monoisotopic (exact) mass is 444 g/mol. The second-order valence-corrected chi connectivity index (χ2v) is 6.79. The highest BCUT2D eigenvalue weighted by Gasteiger charge is 2.20. The highest BCUT2D eigenvalue weighted by Crippen LogP contribution is 2.20. The average Bonchev–Trinajstić information content (AvgIpc) is 3.52. The van der Waals surface area contributed by atoms with Crippen LogP contribution in [-0.4, -0.2) is 32.8 Å². The first-order valence-electron chi connectivity index (χ1n) is 9.74. The molecule has 2 heterocycles. The zero-order chi connectivity index (χ0) is 23.2. The van der Waals surface area contributed by atoms with Gasteiger partial charge in [-0.05, 0) is 60.7 Å². The Morgan fingerprint density at radius 1 is 1.03 bits per heavy atom. The minimum absolute atomic E-state index is 0.184. The van der Waals surface area contributed by atoms with E-state index < -0.39 is 17.6 Å². The summed E-state index contributed by atoms with van der Waals surface area (Å²) in [7, 11) is 0. The fourth-order valence-corrected chi connectivity index (χ4v) is 3.00. The van der Waals surface area contributed by atoms with Gasteiger partial charge in [-0.3, -0.25) is 20.4 Å². The number of carbonyl (C=O) groups is 2. The summed E-state index contributed by atoms with van der Waals surface area (Å²) < 4.78 is 21.8. The number of carbonyl (C=O) groups excluding carboxylic acids is 2. The molecule has 0 bridgehead atoms. The summed E-state index contributed by atoms with van der Waals surface area (Å²) in [5.41, 5.74) is 5.84. The fourth-order valence-electron chi connectivity index (χ4n) is 3.00. The van der Waals surface area contributed by atoms with Crippen molar-refractivity contribution in [3.63, 3.8) is 0 Å². The van der Waals surface area contributed by atoms with Gasteiger partial charge in [0.15, 0.2) is 12.4 Å². The SMILES string of the molecule is N#Cc1ccc(OCC(=O)NNC(=O)c2cnn(-c3ccc(F)cc3)c2-n2cccc2)cc1. The predicted molar refractivity (Wildman–Crippen MR) is 115 cm³/mol. The number of rotatable bonds is 6. The van der Waals surface area contributed by atoms with Gasteiger partial charge in [0.05, 0.1) is 23.5 Å². The summed E-state index contributed by atoms with van der Waals surface area (Å²) in [6.45, 7) is -0.342. The number of hydrogen-bond donors (Lipinski definition) is 2. The van der Waals surface area contributed by atoms with E-state index >= 15 is 0 Å². The van der Waals surface area contributed by atoms with Gasteiger partial charge >= 0.3 is 0 Å². The molecule has 0 aliphatic rings. The number of aromatic nitrogens is 3. The highest BCUT2D eigenvalue weighted by atomic mass is 19.1. The van der Waals surface area contributed by atoms with Gasteiger partial charge in [-0.2, -0.15) is 10.4 Å². The van der Waals surface area contributed by atoms with Crippen LogP contribution in [0.4, 0.5) is 4.39 Å². The number of hydrogen-bond acceptors (Lipinski definition) is 5. The van der Waals surface area contributed by atoms with E-state index in [-0.39, 0.29) is 12.2 Å². The standard InChI is InChI=1S/C23H17FN6O3/c24-17-5-7-18(8-6-17)30-23(29-11-1-2-12-29)20(14-26-30)22(32)28-27-21(31)15-33-19-9-3-16(13-25)4-10-19/h1-12,14H,15H2,(H,27,31)(H,28,32). The molecule has 4 aromatic rings. The molecular weight excluding hydrogens is 427 g/mol. The van der Waals surface area contributed by atoms with Crippen LogP contribution in [0.2, 0.25) is 0 Å². The highest BCUT2D eigenvalue weighted by molar-refractivity contribution is 5.98. The number of halogens is 1. The van der Waals surface area contributed by atoms with Crippen LogP contribution in [0.25, 0.3) is 11.5 Å². The molecule has 2 N–H and O–H groups in total. The molecule has 2 aromatic heterocycles. The molecule has 10 heteroatoms. The maximum absolute atomic E-state index is 13.3. The first-order valence-corrected chi connectivity index (χ1v) is 9.74. The molecule has 4 rings (SSSR count). The van der Waals surface area contributed by atoms with Crippen LogP contribution in [0.15, 0.2) is 79.3 Å². The zero-order valence-electron chi connectivity index (χ0n) is 17.1. The van der Waals surface area contributed by atoms with Crippen molar-refractivity contribution in [2.24, 2.45) is 0 Å². The average molecular weight is 444 g/mol. The lowest BCUT2D eigenvalue weighted by Crippen LogP contribution is -2.44. The molecule has 0 atom stereocenters. The van der Waals surface area contributed by atoms with Gasteiger partial charge in [0, 0.05) is 12.4 Å². The summed E-state index contributed by atoms with van der Waals surface area (Å²) in [4.78, 5) is 24.9. The van der Waals surface area contributed by atoms with E-state index in [0.717, 1.165) is 0 Å². The molecule has 0 fully saturated rings. The summed E-state index contributed by atoms with van der Waals surface area (Å²) in [5.74, 6) is -0.754. The number of nitrogens with one attached hydrogen (secondary N) is 2. The van der Waals surface area contributed by atoms with Crippen molar-refractivity contribution in [3.05, 3.63) is 96.2 Å². The van der Waals surface area contributed by atoms with Crippen LogP contribution in [0.3, 0.4) is 0 Å². The second-order valence-electron chi connectivity index (χ2n) is 6.79. The van der Waals surface area contributed by atoms with Crippen LogP contribution >= 0.6 is 0 Å². The number of ether oxygens (including phenoxy) is 1. The van der Waals surface area contributed by atoms with Crippen molar-refractivity contribution < 1.29 is 18.7 Å². The van der Waals surface area contributed by atoms with Crippen molar-refractivity contribution >= 4 is 11.8 Å². The summed E-state index contributed by atoms with van der Waals surface area (Å²) in [5, 5.41) is 13.1. The number of nitrogens with zero attached hydrogens (tertiary/aromatic N) is 4. The molecule has 0 radical (unpaired) electrons. The Kier molecular flexibility index (Phi) is 6.13. The normalized spacial score (nSPS) is 10.3. The van der Waals surface area contributed by atoms with Gasteiger partial charge in [0.2, 0.25) is 0 Å². The quantitative estimate of drug-likeness (QED) is 0.444. The largest absolute Gasteiger partial charge is 0.484 e. The Hall–Kier alpha value is -4.91. The van der Waals surface area contributed by atoms with Crippen molar-refractivity contribution in [1.29, 1.82) is 5.26 Å². The fraction of sp³-hybridized carbons (Fsp3) is 0.0435. The van der Waals surface area contributed by atoms with Crippen LogP contribution in [0.1, 0.15) is 15.9 Å². The van der Waals surface area contributed by atoms with Crippen LogP contribution in [-0.2, 0) is 4.79 Å². The molecule has 0 saturated carbocycles. The molecule has 0 aliphatic heterocycles. The molecule has 33 heavy (non-hydrogen) atoms. The lowest BCUT2D eigenvalue weighted by Gasteiger charge is -2.12. The van der Waals surface area contributed by atoms with Crippen LogP contribution in [0, 0.1) is 17.1 Å². The third-order valence-corrected chi connectivity index (χ3v) is 4.58. The Balaban J connectivity index is 1.45. The molecule has 9 nitrogen and oxygen atoms in total. The van der Waals surface area contributed by atoms with Gasteiger partial charge in [-0.15, -0.1) is 0 Å². The first kappa shape index (κ1) is 21.3. The number of hydrazine groups is 1. The molecule has 2 amide bonds. The maximum atomic E-state index is 13.3. The lowest BCUT2D eigenvalue weighted by atomic mass is 10.2. The maximum Gasteiger partial charge on any atom is 0.276 e. The molecule has 0 aliphatic carbocycles. The molecule has 0 unspecified atom stereocenters. The minimum atomic E-state index is -0.598. The van der Waals surface area contributed by atoms with Crippen molar-refractivity contribution in [2.45, 2.75) is 0 Å². The van der Waals surface area contributed by atoms with E-state index in [2.05, 4.69) is 16.0 Å². The number of nitriles is 1. The number of benzene rings is 2. The zero-order valence-corrected chi connectivity index (χ0v) is 17.1. The van der Waals surface area contributed by atoms with E-state index in [4.69, 9.17) is 10.00 Å². The van der Waals surface area contributed by atoms with Crippen molar-refractivity contribution in [2.75, 3.05) is 6.61 Å². The molecule has 164 valence electrons. The summed E-state index contributed by atoms with van der Waals surface area (Å²) in [6.07, 6.45) is 4.82. The third kappa shape index (κ3) is 4.88. The molecule has 0 spiro atoms.